The van der Waals surface area contributed by atoms with Gasteiger partial charge in [-0.05, 0) is 31.4 Å². The predicted molar refractivity (Wildman–Crippen MR) is 60.8 cm³/mol. The topological polar surface area (TPSA) is 68.3 Å². The van der Waals surface area contributed by atoms with Gasteiger partial charge in [-0.3, -0.25) is 4.79 Å². The first kappa shape index (κ1) is 11.2. The second kappa shape index (κ2) is 4.70. The highest BCUT2D eigenvalue weighted by Gasteiger charge is 2.32. The minimum absolute atomic E-state index is 0.0492. The first-order chi connectivity index (χ1) is 7.68. The number of furan rings is 1. The standard InChI is InChI=1S/C12H18N2O2/c13-12(6-2-7-12)9-14-11(15)5-4-10-3-1-8-16-10/h1,3,8H,2,4-7,9,13H2,(H,14,15). The van der Waals surface area contributed by atoms with E-state index in [1.54, 1.807) is 6.26 Å². The molecule has 0 radical (unpaired) electrons. The largest absolute Gasteiger partial charge is 0.469 e. The maximum atomic E-state index is 11.5. The van der Waals surface area contributed by atoms with E-state index in [1.165, 1.54) is 6.42 Å². The van der Waals surface area contributed by atoms with Crippen LogP contribution in [0.15, 0.2) is 22.8 Å². The molecule has 0 aliphatic heterocycles. The maximum Gasteiger partial charge on any atom is 0.220 e. The molecule has 88 valence electrons. The fourth-order valence-corrected chi connectivity index (χ4v) is 1.86. The van der Waals surface area contributed by atoms with Gasteiger partial charge in [-0.1, -0.05) is 0 Å². The molecule has 1 amide bonds. The third-order valence-corrected chi connectivity index (χ3v) is 3.17. The predicted octanol–water partition coefficient (Wildman–Crippen LogP) is 1.21. The van der Waals surface area contributed by atoms with Gasteiger partial charge >= 0.3 is 0 Å². The Labute approximate surface area is 95.2 Å². The Hall–Kier alpha value is -1.29. The van der Waals surface area contributed by atoms with Crippen LogP contribution in [0.4, 0.5) is 0 Å². The highest BCUT2D eigenvalue weighted by molar-refractivity contribution is 5.76. The number of nitrogens with one attached hydrogen (secondary N) is 1. The van der Waals surface area contributed by atoms with Gasteiger partial charge in [0.2, 0.25) is 5.91 Å². The van der Waals surface area contributed by atoms with E-state index in [1.807, 2.05) is 12.1 Å². The highest BCUT2D eigenvalue weighted by atomic mass is 16.3. The number of hydrogen-bond acceptors (Lipinski definition) is 3. The molecule has 0 unspecified atom stereocenters. The van der Waals surface area contributed by atoms with Crippen LogP contribution in [-0.2, 0) is 11.2 Å². The molecular weight excluding hydrogens is 204 g/mol. The molecule has 1 aromatic rings. The first-order valence-corrected chi connectivity index (χ1v) is 5.76. The van der Waals surface area contributed by atoms with Crippen LogP contribution in [0.25, 0.3) is 0 Å². The lowest BCUT2D eigenvalue weighted by molar-refractivity contribution is -0.121. The van der Waals surface area contributed by atoms with Crippen molar-refractivity contribution in [1.29, 1.82) is 0 Å². The normalized spacial score (nSPS) is 17.8. The molecule has 0 aromatic carbocycles. The Bertz CT molecular complexity index is 342. The van der Waals surface area contributed by atoms with Crippen molar-refractivity contribution in [2.45, 2.75) is 37.6 Å². The van der Waals surface area contributed by atoms with Crippen LogP contribution in [0.1, 0.15) is 31.4 Å². The Morgan fingerprint density at radius 2 is 2.38 bits per heavy atom. The minimum atomic E-state index is -0.139. The van der Waals surface area contributed by atoms with Crippen LogP contribution >= 0.6 is 0 Å². The summed E-state index contributed by atoms with van der Waals surface area (Å²) in [6, 6.07) is 3.71. The summed E-state index contributed by atoms with van der Waals surface area (Å²) in [4.78, 5) is 11.5. The molecule has 0 bridgehead atoms. The summed E-state index contributed by atoms with van der Waals surface area (Å²) in [7, 11) is 0. The van der Waals surface area contributed by atoms with Crippen molar-refractivity contribution in [2.75, 3.05) is 6.54 Å². The summed E-state index contributed by atoms with van der Waals surface area (Å²) in [5.41, 5.74) is 5.87. The van der Waals surface area contributed by atoms with Crippen molar-refractivity contribution in [2.24, 2.45) is 5.73 Å². The van der Waals surface area contributed by atoms with Crippen LogP contribution in [0, 0.1) is 0 Å². The molecule has 0 spiro atoms. The van der Waals surface area contributed by atoms with Gasteiger partial charge < -0.3 is 15.5 Å². The van der Waals surface area contributed by atoms with Gasteiger partial charge in [0.1, 0.15) is 5.76 Å². The second-order valence-electron chi connectivity index (χ2n) is 4.57. The van der Waals surface area contributed by atoms with Gasteiger partial charge in [-0.2, -0.15) is 0 Å². The Kier molecular flexibility index (Phi) is 3.29. The van der Waals surface area contributed by atoms with Gasteiger partial charge in [0.25, 0.3) is 0 Å². The molecule has 0 saturated heterocycles. The quantitative estimate of drug-likeness (QED) is 0.786. The zero-order valence-corrected chi connectivity index (χ0v) is 9.37. The fourth-order valence-electron chi connectivity index (χ4n) is 1.86. The molecule has 2 rings (SSSR count). The first-order valence-electron chi connectivity index (χ1n) is 5.76. The van der Waals surface area contributed by atoms with E-state index in [4.69, 9.17) is 10.2 Å². The van der Waals surface area contributed by atoms with Crippen molar-refractivity contribution in [3.63, 3.8) is 0 Å². The van der Waals surface area contributed by atoms with Crippen molar-refractivity contribution < 1.29 is 9.21 Å². The van der Waals surface area contributed by atoms with Gasteiger partial charge in [-0.15, -0.1) is 0 Å². The van der Waals surface area contributed by atoms with Crippen molar-refractivity contribution >= 4 is 5.91 Å². The summed E-state index contributed by atoms with van der Waals surface area (Å²) in [5, 5.41) is 2.88. The summed E-state index contributed by atoms with van der Waals surface area (Å²) in [5.74, 6) is 0.898. The molecule has 1 fully saturated rings. The molecule has 1 heterocycles. The molecule has 16 heavy (non-hydrogen) atoms. The zero-order valence-electron chi connectivity index (χ0n) is 9.37. The summed E-state index contributed by atoms with van der Waals surface area (Å²) >= 11 is 0. The zero-order chi connectivity index (χ0) is 11.4. The van der Waals surface area contributed by atoms with Crippen LogP contribution in [-0.4, -0.2) is 18.0 Å². The van der Waals surface area contributed by atoms with E-state index in [-0.39, 0.29) is 11.4 Å². The Morgan fingerprint density at radius 1 is 1.56 bits per heavy atom. The number of hydrogen-bond donors (Lipinski definition) is 2. The van der Waals surface area contributed by atoms with Crippen LogP contribution < -0.4 is 11.1 Å². The molecular formula is C12H18N2O2. The van der Waals surface area contributed by atoms with Gasteiger partial charge in [0.05, 0.1) is 6.26 Å². The molecule has 1 aromatic heterocycles. The van der Waals surface area contributed by atoms with E-state index < -0.39 is 0 Å². The SMILES string of the molecule is NC1(CNC(=O)CCc2ccco2)CCC1. The third kappa shape index (κ3) is 2.85. The number of amides is 1. The monoisotopic (exact) mass is 222 g/mol. The molecule has 1 saturated carbocycles. The lowest BCUT2D eigenvalue weighted by Gasteiger charge is -2.38. The number of aryl methyl sites for hydroxylation is 1. The van der Waals surface area contributed by atoms with Gasteiger partial charge in [-0.25, -0.2) is 0 Å². The fraction of sp³-hybridized carbons (Fsp3) is 0.583. The van der Waals surface area contributed by atoms with E-state index in [2.05, 4.69) is 5.32 Å². The van der Waals surface area contributed by atoms with Crippen molar-refractivity contribution in [3.05, 3.63) is 24.2 Å². The number of carbonyl (C=O) groups is 1. The number of carbonyl (C=O) groups excluding carboxylic acids is 1. The summed E-state index contributed by atoms with van der Waals surface area (Å²) in [6.07, 6.45) is 5.95. The van der Waals surface area contributed by atoms with E-state index >= 15 is 0 Å². The van der Waals surface area contributed by atoms with Crippen LogP contribution in [0.2, 0.25) is 0 Å². The lowest BCUT2D eigenvalue weighted by atomic mass is 9.78. The molecule has 1 aliphatic rings. The molecule has 4 heteroatoms. The van der Waals surface area contributed by atoms with Crippen LogP contribution in [0.5, 0.6) is 0 Å². The van der Waals surface area contributed by atoms with Crippen molar-refractivity contribution in [1.82, 2.24) is 5.32 Å². The average molecular weight is 222 g/mol. The van der Waals surface area contributed by atoms with E-state index in [0.717, 1.165) is 18.6 Å². The Morgan fingerprint density at radius 3 is 2.94 bits per heavy atom. The van der Waals surface area contributed by atoms with E-state index in [9.17, 15) is 4.79 Å². The number of nitrogens with two attached hydrogens (primary N) is 1. The molecule has 4 nitrogen and oxygen atoms in total. The van der Waals surface area contributed by atoms with Crippen LogP contribution in [0.3, 0.4) is 0 Å². The summed E-state index contributed by atoms with van der Waals surface area (Å²) < 4.78 is 5.16. The minimum Gasteiger partial charge on any atom is -0.469 e. The smallest absolute Gasteiger partial charge is 0.220 e. The maximum absolute atomic E-state index is 11.5. The molecule has 0 atom stereocenters. The lowest BCUT2D eigenvalue weighted by Crippen LogP contribution is -2.54. The van der Waals surface area contributed by atoms with E-state index in [0.29, 0.717) is 19.4 Å². The molecule has 3 N–H and O–H groups in total. The van der Waals surface area contributed by atoms with Gasteiger partial charge in [0, 0.05) is 24.9 Å². The molecule has 1 aliphatic carbocycles. The summed E-state index contributed by atoms with van der Waals surface area (Å²) in [6.45, 7) is 0.601. The average Bonchev–Trinajstić information content (AvgIpc) is 2.73. The number of rotatable bonds is 5. The highest BCUT2D eigenvalue weighted by Crippen LogP contribution is 2.27. The van der Waals surface area contributed by atoms with Crippen molar-refractivity contribution in [3.8, 4) is 0 Å². The van der Waals surface area contributed by atoms with Gasteiger partial charge in [0.15, 0.2) is 0 Å². The Balaban J connectivity index is 1.65. The third-order valence-electron chi connectivity index (χ3n) is 3.17. The second-order valence-corrected chi connectivity index (χ2v) is 4.57.